The summed E-state index contributed by atoms with van der Waals surface area (Å²) in [5, 5.41) is 22.6. The van der Waals surface area contributed by atoms with E-state index in [1.54, 1.807) is 18.2 Å². The number of nitro groups is 1. The molecule has 1 aromatic carbocycles. The van der Waals surface area contributed by atoms with Gasteiger partial charge in [-0.15, -0.1) is 0 Å². The number of ether oxygens (including phenoxy) is 2. The van der Waals surface area contributed by atoms with Gasteiger partial charge in [-0.05, 0) is 12.0 Å². The van der Waals surface area contributed by atoms with Gasteiger partial charge in [0.2, 0.25) is 5.95 Å². The lowest BCUT2D eigenvalue weighted by Crippen LogP contribution is -2.26. The van der Waals surface area contributed by atoms with Gasteiger partial charge in [0.15, 0.2) is 0 Å². The van der Waals surface area contributed by atoms with Crippen LogP contribution >= 0.6 is 23.5 Å². The number of hydrogen-bond acceptors (Lipinski definition) is 15. The Balaban J connectivity index is 1.55. The fourth-order valence-electron chi connectivity index (χ4n) is 4.82. The van der Waals surface area contributed by atoms with Crippen molar-refractivity contribution in [3.63, 3.8) is 0 Å². The summed E-state index contributed by atoms with van der Waals surface area (Å²) in [6, 6.07) is 6.17. The zero-order chi connectivity index (χ0) is 34.2. The minimum atomic E-state index is -5.75. The van der Waals surface area contributed by atoms with Crippen LogP contribution < -0.4 is 11.5 Å². The Morgan fingerprint density at radius 1 is 1.11 bits per heavy atom. The molecule has 4 rings (SSSR count). The van der Waals surface area contributed by atoms with Crippen molar-refractivity contribution in [1.29, 1.82) is 0 Å². The average molecular weight is 712 g/mol. The van der Waals surface area contributed by atoms with Crippen LogP contribution in [0.4, 0.5) is 17.5 Å². The van der Waals surface area contributed by atoms with Crippen molar-refractivity contribution >= 4 is 52.0 Å². The van der Waals surface area contributed by atoms with Gasteiger partial charge in [0, 0.05) is 24.2 Å². The Kier molecular flexibility index (Phi) is 10.7. The molecule has 6 atom stereocenters. The fraction of sp³-hybridized carbons (Fsp3) is 0.455. The van der Waals surface area contributed by atoms with Crippen LogP contribution in [0.2, 0.25) is 0 Å². The number of nitrogens with zero attached hydrogens (tertiary/aromatic N) is 4. The van der Waals surface area contributed by atoms with E-state index < -0.39 is 59.5 Å². The first-order chi connectivity index (χ1) is 21.3. The molecular formula is C22H31N6O15P3. The number of aliphatic hydroxyl groups is 1. The number of fused-ring (bicyclic) bond motifs is 1. The summed E-state index contributed by atoms with van der Waals surface area (Å²) in [5.74, 6) is -0.406. The number of rotatable bonds is 14. The van der Waals surface area contributed by atoms with Crippen LogP contribution in [-0.2, 0) is 42.9 Å². The molecule has 1 aliphatic rings. The molecule has 3 aromatic rings. The smallest absolute Gasteiger partial charge is 0.390 e. The summed E-state index contributed by atoms with van der Waals surface area (Å²) in [7, 11) is -16.8. The highest BCUT2D eigenvalue weighted by Gasteiger charge is 2.43. The van der Waals surface area contributed by atoms with E-state index in [0.29, 0.717) is 16.5 Å². The number of para-hydroxylation sites is 1. The van der Waals surface area contributed by atoms with E-state index >= 15 is 0 Å². The second kappa shape index (κ2) is 13.7. The molecule has 21 nitrogen and oxygen atoms in total. The van der Waals surface area contributed by atoms with Crippen LogP contribution in [0.15, 0.2) is 30.5 Å². The van der Waals surface area contributed by atoms with Gasteiger partial charge in [0.05, 0.1) is 41.3 Å². The summed E-state index contributed by atoms with van der Waals surface area (Å²) in [6.45, 7) is 2.65. The van der Waals surface area contributed by atoms with E-state index in [2.05, 4.69) is 23.1 Å². The number of aromatic nitrogens is 3. The molecule has 1 fully saturated rings. The first-order valence-corrected chi connectivity index (χ1v) is 17.7. The fourth-order valence-corrected chi connectivity index (χ4v) is 7.85. The summed E-state index contributed by atoms with van der Waals surface area (Å²) in [4.78, 5) is 55.8. The third kappa shape index (κ3) is 8.72. The number of anilines is 2. The Morgan fingerprint density at radius 2 is 1.78 bits per heavy atom. The normalized spacial score (nSPS) is 22.1. The van der Waals surface area contributed by atoms with Crippen LogP contribution in [0.5, 0.6) is 0 Å². The highest BCUT2D eigenvalue weighted by molar-refractivity contribution is 7.66. The van der Waals surface area contributed by atoms with Crippen molar-refractivity contribution in [2.24, 2.45) is 5.92 Å². The number of hydrogen-bond donors (Lipinski definition) is 7. The van der Waals surface area contributed by atoms with Gasteiger partial charge in [-0.2, -0.15) is 18.6 Å². The monoisotopic (exact) mass is 712 g/mol. The molecule has 254 valence electrons. The van der Waals surface area contributed by atoms with Crippen molar-refractivity contribution in [3.8, 4) is 0 Å². The highest BCUT2D eigenvalue weighted by Crippen LogP contribution is 2.66. The number of nitrogen functional groups attached to an aromatic ring is 2. The molecule has 9 N–H and O–H groups in total. The number of nitrogens with two attached hydrogens (primary N) is 2. The van der Waals surface area contributed by atoms with E-state index in [0.717, 1.165) is 0 Å². The standard InChI is InChI=1S/C22H31N6O15P3/c1-11(2)19(13-5-3-4-6-14(13)28(30)31)39-9-12-8-27(21-18(12)20(23)25-22(24)26-21)17-7-15(29)16(41-17)10-40-45(35,36)43-46(37,38)42-44(32,33)34/h3-6,8,11,15-17,19,29H,7,9-10H2,1-2H3,(H,35,36)(H,37,38)(H2,32,33,34)(H4,23,24,25,26)/t15?,16-,17-,19?/m1/s1. The quantitative estimate of drug-likeness (QED) is 0.0716. The molecule has 2 aromatic heterocycles. The van der Waals surface area contributed by atoms with E-state index in [-0.39, 0.29) is 42.0 Å². The molecule has 1 saturated heterocycles. The van der Waals surface area contributed by atoms with Crippen molar-refractivity contribution in [1.82, 2.24) is 14.5 Å². The van der Waals surface area contributed by atoms with E-state index in [1.165, 1.54) is 16.8 Å². The number of phosphoric acid groups is 3. The molecule has 0 spiro atoms. The molecular weight excluding hydrogens is 681 g/mol. The van der Waals surface area contributed by atoms with Crippen LogP contribution in [0, 0.1) is 16.0 Å². The third-order valence-electron chi connectivity index (χ3n) is 6.59. The number of phosphoric ester groups is 1. The van der Waals surface area contributed by atoms with Gasteiger partial charge in [0.1, 0.15) is 23.8 Å². The van der Waals surface area contributed by atoms with Gasteiger partial charge in [-0.1, -0.05) is 26.0 Å². The molecule has 24 heteroatoms. The second-order valence-corrected chi connectivity index (χ2v) is 14.8. The maximum Gasteiger partial charge on any atom is 0.490 e. The van der Waals surface area contributed by atoms with Crippen molar-refractivity contribution < 1.29 is 65.9 Å². The van der Waals surface area contributed by atoms with Gasteiger partial charge in [0.25, 0.3) is 5.69 Å². The summed E-state index contributed by atoms with van der Waals surface area (Å²) < 4.78 is 59.9. The van der Waals surface area contributed by atoms with Crippen LogP contribution in [0.1, 0.15) is 43.7 Å². The van der Waals surface area contributed by atoms with Crippen molar-refractivity contribution in [2.45, 2.75) is 51.4 Å². The van der Waals surface area contributed by atoms with Crippen LogP contribution in [-0.4, -0.2) is 63.0 Å². The minimum Gasteiger partial charge on any atom is -0.390 e. The maximum absolute atomic E-state index is 12.1. The molecule has 4 unspecified atom stereocenters. The van der Waals surface area contributed by atoms with E-state index in [4.69, 9.17) is 30.7 Å². The van der Waals surface area contributed by atoms with Gasteiger partial charge >= 0.3 is 23.5 Å². The summed E-state index contributed by atoms with van der Waals surface area (Å²) >= 11 is 0. The molecule has 46 heavy (non-hydrogen) atoms. The first-order valence-electron chi connectivity index (χ1n) is 13.2. The van der Waals surface area contributed by atoms with E-state index in [1.807, 2.05) is 13.8 Å². The largest absolute Gasteiger partial charge is 0.490 e. The van der Waals surface area contributed by atoms with Gasteiger partial charge in [-0.3, -0.25) is 14.6 Å². The number of aliphatic hydroxyl groups excluding tert-OH is 1. The van der Waals surface area contributed by atoms with Crippen molar-refractivity contribution in [3.05, 3.63) is 51.7 Å². The van der Waals surface area contributed by atoms with E-state index in [9.17, 15) is 38.7 Å². The zero-order valence-corrected chi connectivity index (χ0v) is 26.7. The Bertz CT molecular complexity index is 1750. The second-order valence-electron chi connectivity index (χ2n) is 10.3. The molecule has 1 aliphatic heterocycles. The molecule has 0 aliphatic carbocycles. The van der Waals surface area contributed by atoms with Crippen molar-refractivity contribution in [2.75, 3.05) is 18.1 Å². The topological polar surface area (TPSA) is 324 Å². The zero-order valence-electron chi connectivity index (χ0n) is 24.0. The Hall–Kier alpha value is -2.87. The average Bonchev–Trinajstić information content (AvgIpc) is 3.45. The predicted molar refractivity (Wildman–Crippen MR) is 156 cm³/mol. The van der Waals surface area contributed by atoms with Gasteiger partial charge in [-0.25, -0.2) is 13.7 Å². The first kappa shape index (κ1) is 36.0. The third-order valence-corrected chi connectivity index (χ3v) is 10.4. The molecule has 3 heterocycles. The number of nitro benzene ring substituents is 1. The summed E-state index contributed by atoms with van der Waals surface area (Å²) in [6.07, 6.45) is -2.98. The number of benzene rings is 1. The molecule has 0 amide bonds. The lowest BCUT2D eigenvalue weighted by atomic mass is 9.97. The van der Waals surface area contributed by atoms with Gasteiger partial charge < -0.3 is 50.2 Å². The Labute approximate surface area is 259 Å². The van der Waals surface area contributed by atoms with Crippen LogP contribution in [0.3, 0.4) is 0 Å². The molecule has 0 saturated carbocycles. The summed E-state index contributed by atoms with van der Waals surface area (Å²) in [5.41, 5.74) is 12.9. The lowest BCUT2D eigenvalue weighted by Gasteiger charge is -2.22. The maximum atomic E-state index is 12.1. The van der Waals surface area contributed by atoms with Crippen LogP contribution in [0.25, 0.3) is 11.0 Å². The predicted octanol–water partition coefficient (Wildman–Crippen LogP) is 2.41. The molecule has 0 bridgehead atoms. The lowest BCUT2D eigenvalue weighted by molar-refractivity contribution is -0.386. The highest BCUT2D eigenvalue weighted by atomic mass is 31.3. The minimum absolute atomic E-state index is 0.0191. The Morgan fingerprint density at radius 3 is 2.41 bits per heavy atom. The SMILES string of the molecule is CC(C)C(OCc1cn([C@H]2CC(O)[C@@H](COP(=O)(O)OP(=O)(O)OP(=O)(O)O)O2)c2nc(N)nc(N)c12)c1ccccc1[N+](=O)[O-]. The molecule has 0 radical (unpaired) electrons.